The van der Waals surface area contributed by atoms with Crippen LogP contribution in [0.4, 0.5) is 0 Å². The summed E-state index contributed by atoms with van der Waals surface area (Å²) < 4.78 is 5.38. The van der Waals surface area contributed by atoms with Gasteiger partial charge in [0.05, 0.1) is 12.7 Å². The van der Waals surface area contributed by atoms with Crippen molar-refractivity contribution in [3.05, 3.63) is 65.7 Å². The fourth-order valence-electron chi connectivity index (χ4n) is 5.57. The molecule has 2 aliphatic rings. The minimum absolute atomic E-state index is 0.0791. The quantitative estimate of drug-likeness (QED) is 0.584. The molecule has 2 N–H and O–H groups in total. The third kappa shape index (κ3) is 5.23. The first-order valence-electron chi connectivity index (χ1n) is 12.3. The van der Waals surface area contributed by atoms with Gasteiger partial charge in [-0.2, -0.15) is 0 Å². The Morgan fingerprint density at radius 3 is 2.39 bits per heavy atom. The van der Waals surface area contributed by atoms with E-state index in [1.807, 2.05) is 24.3 Å². The van der Waals surface area contributed by atoms with Crippen molar-refractivity contribution in [1.82, 2.24) is 10.6 Å². The highest BCUT2D eigenvalue weighted by atomic mass is 16.5. The molecule has 0 aliphatic heterocycles. The SMILES string of the molecule is CCCNC(=O)C1CC1C1CCC(CNC(=O)c2ccccc2OC)(c2ccccc2)CC1. The lowest BCUT2D eigenvalue weighted by Gasteiger charge is -2.41. The molecule has 0 bridgehead atoms. The molecule has 4 rings (SSSR count). The third-order valence-electron chi connectivity index (χ3n) is 7.64. The molecule has 176 valence electrons. The summed E-state index contributed by atoms with van der Waals surface area (Å²) in [6.07, 6.45) is 6.25. The molecule has 2 aliphatic carbocycles. The molecule has 0 spiro atoms. The maximum atomic E-state index is 13.0. The smallest absolute Gasteiger partial charge is 0.255 e. The Kier molecular flexibility index (Phi) is 7.36. The summed E-state index contributed by atoms with van der Waals surface area (Å²) in [7, 11) is 1.59. The van der Waals surface area contributed by atoms with Gasteiger partial charge in [-0.05, 0) is 68.1 Å². The van der Waals surface area contributed by atoms with Crippen LogP contribution in [0.25, 0.3) is 0 Å². The maximum Gasteiger partial charge on any atom is 0.255 e. The van der Waals surface area contributed by atoms with Gasteiger partial charge in [-0.1, -0.05) is 49.4 Å². The zero-order chi connectivity index (χ0) is 23.3. The number of para-hydroxylation sites is 1. The Morgan fingerprint density at radius 2 is 1.70 bits per heavy atom. The topological polar surface area (TPSA) is 67.4 Å². The second-order valence-electron chi connectivity index (χ2n) is 9.66. The Bertz CT molecular complexity index is 951. The molecule has 2 aromatic carbocycles. The monoisotopic (exact) mass is 448 g/mol. The van der Waals surface area contributed by atoms with Gasteiger partial charge in [-0.3, -0.25) is 9.59 Å². The molecule has 2 fully saturated rings. The number of methoxy groups -OCH3 is 1. The summed E-state index contributed by atoms with van der Waals surface area (Å²) in [4.78, 5) is 25.4. The number of rotatable bonds is 9. The lowest BCUT2D eigenvalue weighted by molar-refractivity contribution is -0.122. The molecule has 2 aromatic rings. The van der Waals surface area contributed by atoms with E-state index in [0.29, 0.717) is 29.7 Å². The van der Waals surface area contributed by atoms with E-state index in [1.165, 1.54) is 5.56 Å². The van der Waals surface area contributed by atoms with E-state index >= 15 is 0 Å². The summed E-state index contributed by atoms with van der Waals surface area (Å²) in [6, 6.07) is 17.9. The Hall–Kier alpha value is -2.82. The highest BCUT2D eigenvalue weighted by Gasteiger charge is 2.49. The summed E-state index contributed by atoms with van der Waals surface area (Å²) in [5.74, 6) is 2.07. The van der Waals surface area contributed by atoms with Crippen molar-refractivity contribution in [3.63, 3.8) is 0 Å². The van der Waals surface area contributed by atoms with Crippen molar-refractivity contribution >= 4 is 11.8 Å². The fourth-order valence-corrected chi connectivity index (χ4v) is 5.57. The zero-order valence-electron chi connectivity index (χ0n) is 19.8. The lowest BCUT2D eigenvalue weighted by atomic mass is 9.65. The molecule has 0 saturated heterocycles. The molecule has 2 unspecified atom stereocenters. The van der Waals surface area contributed by atoms with E-state index < -0.39 is 0 Å². The largest absolute Gasteiger partial charge is 0.496 e. The van der Waals surface area contributed by atoms with Crippen molar-refractivity contribution < 1.29 is 14.3 Å². The van der Waals surface area contributed by atoms with Crippen LogP contribution in [0.5, 0.6) is 5.75 Å². The molecule has 0 aromatic heterocycles. The van der Waals surface area contributed by atoms with Gasteiger partial charge in [-0.25, -0.2) is 0 Å². The van der Waals surface area contributed by atoms with E-state index in [-0.39, 0.29) is 23.1 Å². The highest BCUT2D eigenvalue weighted by molar-refractivity contribution is 5.97. The number of hydrogen-bond donors (Lipinski definition) is 2. The van der Waals surface area contributed by atoms with Crippen molar-refractivity contribution in [2.24, 2.45) is 17.8 Å². The summed E-state index contributed by atoms with van der Waals surface area (Å²) >= 11 is 0. The second kappa shape index (κ2) is 10.4. The standard InChI is InChI=1S/C28H36N2O3/c1-3-17-29-27(32)24-18-23(24)20-13-15-28(16-14-20,21-9-5-4-6-10-21)19-30-26(31)22-11-7-8-12-25(22)33-2/h4-12,20,23-24H,3,13-19H2,1-2H3,(H,29,32)(H,30,31). The van der Waals surface area contributed by atoms with Crippen LogP contribution >= 0.6 is 0 Å². The summed E-state index contributed by atoms with van der Waals surface area (Å²) in [5.41, 5.74) is 1.78. The maximum absolute atomic E-state index is 13.0. The van der Waals surface area contributed by atoms with Gasteiger partial charge in [0.25, 0.3) is 5.91 Å². The van der Waals surface area contributed by atoms with Gasteiger partial charge in [0, 0.05) is 24.4 Å². The lowest BCUT2D eigenvalue weighted by Crippen LogP contribution is -2.43. The van der Waals surface area contributed by atoms with Crippen LogP contribution in [0.3, 0.4) is 0 Å². The fraction of sp³-hybridized carbons (Fsp3) is 0.500. The van der Waals surface area contributed by atoms with E-state index in [4.69, 9.17) is 4.74 Å². The van der Waals surface area contributed by atoms with E-state index in [0.717, 1.165) is 45.1 Å². The highest BCUT2D eigenvalue weighted by Crippen LogP contribution is 2.52. The van der Waals surface area contributed by atoms with Crippen molar-refractivity contribution in [2.45, 2.75) is 50.9 Å². The van der Waals surface area contributed by atoms with Gasteiger partial charge in [-0.15, -0.1) is 0 Å². The molecule has 0 heterocycles. The molecule has 2 amide bonds. The summed E-state index contributed by atoms with van der Waals surface area (Å²) in [6.45, 7) is 3.46. The minimum atomic E-state index is -0.0975. The Labute approximate surface area is 197 Å². The zero-order valence-corrected chi connectivity index (χ0v) is 19.8. The third-order valence-corrected chi connectivity index (χ3v) is 7.64. The van der Waals surface area contributed by atoms with Crippen LogP contribution in [0, 0.1) is 17.8 Å². The molecule has 0 radical (unpaired) electrons. The van der Waals surface area contributed by atoms with Crippen molar-refractivity contribution in [1.29, 1.82) is 0 Å². The van der Waals surface area contributed by atoms with Crippen LogP contribution in [0.1, 0.15) is 61.4 Å². The predicted octanol–water partition coefficient (Wildman–Crippen LogP) is 4.72. The predicted molar refractivity (Wildman–Crippen MR) is 130 cm³/mol. The number of hydrogen-bond acceptors (Lipinski definition) is 3. The van der Waals surface area contributed by atoms with Crippen LogP contribution in [-0.2, 0) is 10.2 Å². The average molecular weight is 449 g/mol. The van der Waals surface area contributed by atoms with Crippen LogP contribution in [0.2, 0.25) is 0 Å². The van der Waals surface area contributed by atoms with Crippen molar-refractivity contribution in [2.75, 3.05) is 20.2 Å². The molecule has 2 atom stereocenters. The van der Waals surface area contributed by atoms with Gasteiger partial charge >= 0.3 is 0 Å². The van der Waals surface area contributed by atoms with E-state index in [1.54, 1.807) is 13.2 Å². The molecular formula is C28H36N2O3. The van der Waals surface area contributed by atoms with Crippen LogP contribution in [-0.4, -0.2) is 32.0 Å². The molecule has 5 nitrogen and oxygen atoms in total. The Morgan fingerprint density at radius 1 is 1.00 bits per heavy atom. The second-order valence-corrected chi connectivity index (χ2v) is 9.66. The average Bonchev–Trinajstić information content (AvgIpc) is 3.68. The molecule has 33 heavy (non-hydrogen) atoms. The van der Waals surface area contributed by atoms with Gasteiger partial charge in [0.2, 0.25) is 5.91 Å². The van der Waals surface area contributed by atoms with E-state index in [2.05, 4.69) is 41.8 Å². The Balaban J connectivity index is 1.42. The molecule has 5 heteroatoms. The molecule has 2 saturated carbocycles. The number of ether oxygens (including phenoxy) is 1. The van der Waals surface area contributed by atoms with Crippen molar-refractivity contribution in [3.8, 4) is 5.75 Å². The number of nitrogens with one attached hydrogen (secondary N) is 2. The van der Waals surface area contributed by atoms with Crippen LogP contribution < -0.4 is 15.4 Å². The number of carbonyl (C=O) groups excluding carboxylic acids is 2. The molecular weight excluding hydrogens is 412 g/mol. The first-order valence-corrected chi connectivity index (χ1v) is 12.3. The van der Waals surface area contributed by atoms with Gasteiger partial charge < -0.3 is 15.4 Å². The normalized spacial score (nSPS) is 26.3. The summed E-state index contributed by atoms with van der Waals surface area (Å²) in [5, 5.41) is 6.28. The van der Waals surface area contributed by atoms with E-state index in [9.17, 15) is 9.59 Å². The van der Waals surface area contributed by atoms with Gasteiger partial charge in [0.1, 0.15) is 5.75 Å². The minimum Gasteiger partial charge on any atom is -0.496 e. The first kappa shape index (κ1) is 23.3. The first-order chi connectivity index (χ1) is 16.1. The number of amides is 2. The number of carbonyl (C=O) groups is 2. The van der Waals surface area contributed by atoms with Crippen LogP contribution in [0.15, 0.2) is 54.6 Å². The van der Waals surface area contributed by atoms with Gasteiger partial charge in [0.15, 0.2) is 0 Å². The number of benzene rings is 2.